The Bertz CT molecular complexity index is 512. The van der Waals surface area contributed by atoms with Crippen LogP contribution in [0.1, 0.15) is 0 Å². The maximum absolute atomic E-state index is 13.6. The van der Waals surface area contributed by atoms with Crippen molar-refractivity contribution in [2.75, 3.05) is 0 Å². The average Bonchev–Trinajstić information content (AvgIpc) is 2.40. The minimum Gasteiger partial charge on any atom is -0.234 e. The van der Waals surface area contributed by atoms with E-state index >= 15 is 0 Å². The van der Waals surface area contributed by atoms with E-state index in [1.165, 1.54) is 0 Å². The van der Waals surface area contributed by atoms with Crippen LogP contribution in [0.2, 0.25) is 0 Å². The lowest BCUT2D eigenvalue weighted by Crippen LogP contribution is -2.72. The zero-order valence-electron chi connectivity index (χ0n) is 10.7. The number of hydrogen-bond acceptors (Lipinski definition) is 0. The highest BCUT2D eigenvalue weighted by Gasteiger charge is 2.88. The van der Waals surface area contributed by atoms with Gasteiger partial charge in [-0.3, -0.25) is 0 Å². The van der Waals surface area contributed by atoms with E-state index in [1.807, 2.05) is 0 Å². The number of rotatable bonds is 5. The maximum atomic E-state index is 13.6. The third-order valence-corrected chi connectivity index (χ3v) is 2.97. The summed E-state index contributed by atoms with van der Waals surface area (Å²) in [5, 5.41) is -3.20. The van der Waals surface area contributed by atoms with Crippen molar-refractivity contribution in [3.05, 3.63) is 11.1 Å². The molecule has 0 radical (unpaired) electrons. The quantitative estimate of drug-likeness (QED) is 0.462. The van der Waals surface area contributed by atoms with Gasteiger partial charge in [0.15, 0.2) is 0 Å². The Morgan fingerprint density at radius 1 is 0.680 bits per heavy atom. The molecular weight excluding hydrogens is 429 g/mol. The normalized spacial score (nSPS) is 19.2. The van der Waals surface area contributed by atoms with Gasteiger partial charge in [0.25, 0.3) is 12.3 Å². The highest BCUT2D eigenvalue weighted by molar-refractivity contribution is 6.30. The van der Waals surface area contributed by atoms with Gasteiger partial charge in [-0.25, -0.2) is 13.2 Å². The molecule has 3 atom stereocenters. The van der Waals surface area contributed by atoms with Crippen molar-refractivity contribution in [3.8, 4) is 0 Å². The third-order valence-electron chi connectivity index (χ3n) is 2.64. The summed E-state index contributed by atoms with van der Waals surface area (Å²) in [5.74, 6) is -15.1. The van der Waals surface area contributed by atoms with Crippen LogP contribution in [0.25, 0.3) is 0 Å². The monoisotopic (exact) mass is 430 g/mol. The lowest BCUT2D eigenvalue weighted by atomic mass is 9.83. The van der Waals surface area contributed by atoms with Gasteiger partial charge in [0.2, 0.25) is 6.17 Å². The Balaban J connectivity index is 6.68. The second-order valence-electron chi connectivity index (χ2n) is 4.28. The summed E-state index contributed by atoms with van der Waals surface area (Å²) in [6.45, 7) is 0. The Morgan fingerprint density at radius 2 is 1.04 bits per heavy atom. The van der Waals surface area contributed by atoms with Crippen molar-refractivity contribution in [2.45, 2.75) is 42.2 Å². The molecule has 0 aliphatic heterocycles. The van der Waals surface area contributed by atoms with Gasteiger partial charge in [0.1, 0.15) is 5.03 Å². The minimum absolute atomic E-state index is 3.20. The molecule has 0 aliphatic carbocycles. The van der Waals surface area contributed by atoms with Gasteiger partial charge in [-0.15, -0.1) is 0 Å². The smallest absolute Gasteiger partial charge is 0.234 e. The van der Waals surface area contributed by atoms with Gasteiger partial charge in [-0.1, -0.05) is 11.6 Å². The second kappa shape index (κ2) is 6.61. The third kappa shape index (κ3) is 3.74. The average molecular weight is 431 g/mol. The van der Waals surface area contributed by atoms with E-state index in [4.69, 9.17) is 0 Å². The largest absolute Gasteiger partial charge is 0.434 e. The van der Waals surface area contributed by atoms with Gasteiger partial charge in [0, 0.05) is 0 Å². The molecule has 0 amide bonds. The van der Waals surface area contributed by atoms with Crippen LogP contribution < -0.4 is 0 Å². The van der Waals surface area contributed by atoms with E-state index in [0.717, 1.165) is 0 Å². The first kappa shape index (κ1) is 24.0. The van der Waals surface area contributed by atoms with Gasteiger partial charge < -0.3 is 0 Å². The summed E-state index contributed by atoms with van der Waals surface area (Å²) < 4.78 is 188. The molecule has 150 valence electrons. The summed E-state index contributed by atoms with van der Waals surface area (Å²) in [6, 6.07) is 0. The molecule has 0 aromatic heterocycles. The van der Waals surface area contributed by atoms with E-state index in [-0.39, 0.29) is 0 Å². The minimum atomic E-state index is -7.89. The number of alkyl halides is 13. The molecule has 0 spiro atoms. The van der Waals surface area contributed by atoms with Crippen LogP contribution in [0, 0.1) is 0 Å². The van der Waals surface area contributed by atoms with E-state index < -0.39 is 53.3 Å². The molecule has 0 aromatic carbocycles. The van der Waals surface area contributed by atoms with Gasteiger partial charge >= 0.3 is 29.9 Å². The predicted molar refractivity (Wildman–Crippen MR) is 50.7 cm³/mol. The molecular formula is C9H2ClF15. The molecule has 0 aromatic rings. The maximum Gasteiger partial charge on any atom is 0.434 e. The number of halogens is 16. The fraction of sp³-hybridized carbons (Fsp3) is 0.778. The van der Waals surface area contributed by atoms with Gasteiger partial charge in [-0.2, -0.15) is 52.7 Å². The SMILES string of the molecule is FC(F)=C(Cl)C(F)C(F)(F)C(F)(C(F)(F)F)C(F)(F)C(F)C(F)(F)F. The summed E-state index contributed by atoms with van der Waals surface area (Å²) >= 11 is 4.11. The predicted octanol–water partition coefficient (Wildman–Crippen LogP) is 6.11. The van der Waals surface area contributed by atoms with Crippen LogP contribution in [-0.2, 0) is 0 Å². The molecule has 0 saturated heterocycles. The standard InChI is InChI=1S/C9H2ClF15/c10-1(3(12)13)2(11)5(15,16)8(22,9(23,24)25)6(17,18)4(14)7(19,20)21/h2,4H. The van der Waals surface area contributed by atoms with Crippen LogP contribution in [0.15, 0.2) is 11.1 Å². The van der Waals surface area contributed by atoms with Crippen molar-refractivity contribution < 1.29 is 65.9 Å². The highest BCUT2D eigenvalue weighted by Crippen LogP contribution is 2.59. The van der Waals surface area contributed by atoms with Crippen LogP contribution >= 0.6 is 11.6 Å². The first-order valence-electron chi connectivity index (χ1n) is 5.24. The first-order valence-corrected chi connectivity index (χ1v) is 5.61. The molecule has 0 bridgehead atoms. The summed E-state index contributed by atoms with van der Waals surface area (Å²) in [7, 11) is 0. The Kier molecular flexibility index (Phi) is 6.34. The van der Waals surface area contributed by atoms with E-state index in [0.29, 0.717) is 0 Å². The lowest BCUT2D eigenvalue weighted by Gasteiger charge is -2.42. The lowest BCUT2D eigenvalue weighted by molar-refractivity contribution is -0.398. The Hall–Kier alpha value is -1.02. The zero-order chi connectivity index (χ0) is 20.8. The molecule has 0 rings (SSSR count). The van der Waals surface area contributed by atoms with Crippen LogP contribution in [-0.4, -0.2) is 42.2 Å². The van der Waals surface area contributed by atoms with Crippen molar-refractivity contribution in [3.63, 3.8) is 0 Å². The van der Waals surface area contributed by atoms with Gasteiger partial charge in [0.05, 0.1) is 0 Å². The molecule has 0 nitrogen and oxygen atoms in total. The molecule has 3 unspecified atom stereocenters. The fourth-order valence-electron chi connectivity index (χ4n) is 1.41. The Labute approximate surface area is 132 Å². The Morgan fingerprint density at radius 3 is 1.28 bits per heavy atom. The molecule has 16 heteroatoms. The van der Waals surface area contributed by atoms with Crippen molar-refractivity contribution >= 4 is 11.6 Å². The molecule has 0 fully saturated rings. The van der Waals surface area contributed by atoms with Crippen LogP contribution in [0.4, 0.5) is 65.9 Å². The fourth-order valence-corrected chi connectivity index (χ4v) is 1.55. The van der Waals surface area contributed by atoms with Crippen LogP contribution in [0.5, 0.6) is 0 Å². The number of allylic oxidation sites excluding steroid dienone is 1. The van der Waals surface area contributed by atoms with Crippen molar-refractivity contribution in [1.82, 2.24) is 0 Å². The first-order chi connectivity index (χ1) is 10.7. The van der Waals surface area contributed by atoms with Crippen LogP contribution in [0.3, 0.4) is 0 Å². The van der Waals surface area contributed by atoms with Crippen molar-refractivity contribution in [1.29, 1.82) is 0 Å². The van der Waals surface area contributed by atoms with Gasteiger partial charge in [-0.05, 0) is 0 Å². The van der Waals surface area contributed by atoms with E-state index in [9.17, 15) is 65.9 Å². The summed E-state index contributed by atoms with van der Waals surface area (Å²) in [5.41, 5.74) is -7.89. The molecule has 0 saturated carbocycles. The van der Waals surface area contributed by atoms with E-state index in [2.05, 4.69) is 11.6 Å². The summed E-state index contributed by atoms with van der Waals surface area (Å²) in [6.07, 6.45) is -30.0. The highest BCUT2D eigenvalue weighted by atomic mass is 35.5. The molecule has 0 aliphatic rings. The molecule has 25 heavy (non-hydrogen) atoms. The van der Waals surface area contributed by atoms with E-state index in [1.54, 1.807) is 0 Å². The molecule has 0 heterocycles. The summed E-state index contributed by atoms with van der Waals surface area (Å²) in [4.78, 5) is 0. The number of hydrogen-bond donors (Lipinski definition) is 0. The topological polar surface area (TPSA) is 0 Å². The second-order valence-corrected chi connectivity index (χ2v) is 4.68. The zero-order valence-corrected chi connectivity index (χ0v) is 11.5. The van der Waals surface area contributed by atoms with Crippen molar-refractivity contribution in [2.24, 2.45) is 0 Å². The molecule has 0 N–H and O–H groups in total.